The Bertz CT molecular complexity index is 654. The molecule has 0 aliphatic heterocycles. The molecule has 0 radical (unpaired) electrons. The second-order valence-electron chi connectivity index (χ2n) is 9.89. The molecule has 0 nitrogen and oxygen atoms in total. The molecule has 0 spiro atoms. The van der Waals surface area contributed by atoms with E-state index in [1.54, 1.807) is 25.5 Å². The molecule has 2 aliphatic rings. The summed E-state index contributed by atoms with van der Waals surface area (Å²) in [6, 6.07) is 0. The van der Waals surface area contributed by atoms with Crippen molar-refractivity contribution in [2.75, 3.05) is 0 Å². The minimum absolute atomic E-state index is 0. The van der Waals surface area contributed by atoms with Crippen LogP contribution in [0.1, 0.15) is 82.1 Å². The van der Waals surface area contributed by atoms with Crippen LogP contribution < -0.4 is 0 Å². The monoisotopic (exact) mass is 474 g/mol. The van der Waals surface area contributed by atoms with Crippen molar-refractivity contribution < 1.29 is 21.3 Å². The number of rotatable bonds is 2. The van der Waals surface area contributed by atoms with Crippen molar-refractivity contribution in [3.63, 3.8) is 0 Å². The Labute approximate surface area is 182 Å². The third-order valence-electron chi connectivity index (χ3n) is 5.50. The van der Waals surface area contributed by atoms with Crippen LogP contribution in [0, 0.1) is 10.8 Å². The van der Waals surface area contributed by atoms with Gasteiger partial charge in [0, 0.05) is 0 Å². The molecule has 3 heteroatoms. The topological polar surface area (TPSA) is 0 Å². The first-order valence-electron chi connectivity index (χ1n) is 9.32. The molecule has 2 rings (SSSR count). The van der Waals surface area contributed by atoms with Gasteiger partial charge in [0.25, 0.3) is 0 Å². The van der Waals surface area contributed by atoms with E-state index in [1.165, 1.54) is 12.8 Å². The molecule has 0 amide bonds. The molecule has 0 aromatic carbocycles. The Morgan fingerprint density at radius 2 is 1.04 bits per heavy atom. The maximum absolute atomic E-state index is 2.50. The Morgan fingerprint density at radius 3 is 1.23 bits per heavy atom. The van der Waals surface area contributed by atoms with E-state index in [4.69, 9.17) is 0 Å². The minimum Gasteiger partial charge on any atom is -0.147 e. The SMILES string of the molecule is CC1=[C]([Zr]([C]2=C(C)C=C(C(C)(C)C)C2)=[C](C)C)CC(C(C)(C)C)=C1.Cl.Cl. The van der Waals surface area contributed by atoms with Crippen LogP contribution in [0.25, 0.3) is 0 Å². The van der Waals surface area contributed by atoms with Gasteiger partial charge in [0.1, 0.15) is 0 Å². The molecule has 0 N–H and O–H groups in total. The summed E-state index contributed by atoms with van der Waals surface area (Å²) in [5.41, 5.74) is 7.03. The fraction of sp³-hybridized carbons (Fsp3) is 0.609. The molecule has 148 valence electrons. The zero-order valence-corrected chi connectivity index (χ0v) is 22.5. The number of allylic oxidation sites excluding steroid dienone is 8. The summed E-state index contributed by atoms with van der Waals surface area (Å²) in [5, 5.41) is 0. The van der Waals surface area contributed by atoms with Gasteiger partial charge in [-0.25, -0.2) is 0 Å². The van der Waals surface area contributed by atoms with E-state index in [2.05, 4.69) is 81.4 Å². The van der Waals surface area contributed by atoms with Gasteiger partial charge >= 0.3 is 158 Å². The van der Waals surface area contributed by atoms with Gasteiger partial charge in [-0.3, -0.25) is 0 Å². The number of halogens is 2. The van der Waals surface area contributed by atoms with Crippen LogP contribution in [0.2, 0.25) is 0 Å². The number of hydrogen-bond donors (Lipinski definition) is 0. The normalized spacial score (nSPS) is 17.6. The molecular weight excluding hydrogens is 438 g/mol. The first-order chi connectivity index (χ1) is 10.8. The third kappa shape index (κ3) is 5.65. The fourth-order valence-electron chi connectivity index (χ4n) is 3.78. The van der Waals surface area contributed by atoms with E-state index in [0.717, 1.165) is 0 Å². The largest absolute Gasteiger partial charge is 0.147 e. The maximum atomic E-state index is 2.50. The van der Waals surface area contributed by atoms with Gasteiger partial charge in [-0.2, -0.15) is 0 Å². The van der Waals surface area contributed by atoms with Crippen LogP contribution >= 0.6 is 24.8 Å². The van der Waals surface area contributed by atoms with Crippen LogP contribution in [-0.4, -0.2) is 3.21 Å². The summed E-state index contributed by atoms with van der Waals surface area (Å²) < 4.78 is 5.40. The van der Waals surface area contributed by atoms with E-state index >= 15 is 0 Å². The summed E-state index contributed by atoms with van der Waals surface area (Å²) >= 11 is -1.88. The van der Waals surface area contributed by atoms with Crippen molar-refractivity contribution >= 4 is 28.0 Å². The van der Waals surface area contributed by atoms with E-state index in [1.807, 2.05) is 6.56 Å². The summed E-state index contributed by atoms with van der Waals surface area (Å²) in [5.74, 6) is 0. The van der Waals surface area contributed by atoms with E-state index in [0.29, 0.717) is 10.8 Å². The van der Waals surface area contributed by atoms with E-state index in [-0.39, 0.29) is 24.8 Å². The Balaban J connectivity index is 0.00000312. The molecule has 0 aromatic rings. The van der Waals surface area contributed by atoms with Gasteiger partial charge in [-0.15, -0.1) is 24.8 Å². The molecule has 0 heterocycles. The second kappa shape index (κ2) is 9.19. The van der Waals surface area contributed by atoms with Gasteiger partial charge in [-0.1, -0.05) is 0 Å². The summed E-state index contributed by atoms with van der Waals surface area (Å²) in [6.07, 6.45) is 7.47. The Morgan fingerprint density at radius 1 is 0.731 bits per heavy atom. The van der Waals surface area contributed by atoms with Gasteiger partial charge in [0.05, 0.1) is 0 Å². The first kappa shape index (κ1) is 26.3. The summed E-state index contributed by atoms with van der Waals surface area (Å²) in [4.78, 5) is 0. The first-order valence-corrected chi connectivity index (χ1v) is 13.0. The molecule has 0 saturated carbocycles. The van der Waals surface area contributed by atoms with Crippen molar-refractivity contribution in [1.82, 2.24) is 0 Å². The van der Waals surface area contributed by atoms with Gasteiger partial charge in [0.15, 0.2) is 0 Å². The van der Waals surface area contributed by atoms with Gasteiger partial charge in [-0.05, 0) is 0 Å². The van der Waals surface area contributed by atoms with Crippen molar-refractivity contribution in [2.24, 2.45) is 10.8 Å². The van der Waals surface area contributed by atoms with Crippen molar-refractivity contribution in [3.05, 3.63) is 41.0 Å². The molecule has 0 aromatic heterocycles. The molecule has 26 heavy (non-hydrogen) atoms. The Hall–Kier alpha value is 0.293. The van der Waals surface area contributed by atoms with Crippen LogP contribution in [-0.2, 0) is 21.3 Å². The predicted octanol–water partition coefficient (Wildman–Crippen LogP) is 7.96. The number of hydrogen-bond acceptors (Lipinski definition) is 0. The van der Waals surface area contributed by atoms with E-state index in [9.17, 15) is 0 Å². The molecule has 0 unspecified atom stereocenters. The van der Waals surface area contributed by atoms with E-state index < -0.39 is 21.3 Å². The smallest absolute Gasteiger partial charge is 0.147 e. The molecule has 0 fully saturated rings. The average molecular weight is 477 g/mol. The van der Waals surface area contributed by atoms with Crippen molar-refractivity contribution in [1.29, 1.82) is 0 Å². The maximum Gasteiger partial charge on any atom is -0.147 e. The molecule has 0 bridgehead atoms. The average Bonchev–Trinajstić information content (AvgIpc) is 2.94. The fourth-order valence-corrected chi connectivity index (χ4v) is 11.7. The standard InChI is InChI=1S/2C10H15.C3H6.2ClH.Zr/c2*1-8-5-6-9(7-8)10(2,3)4;1-3-2;;;/h2*7H,6H2,1-4H3;1-2H3;2*1H;. The van der Waals surface area contributed by atoms with Crippen LogP contribution in [0.3, 0.4) is 0 Å². The van der Waals surface area contributed by atoms with Crippen LogP contribution in [0.4, 0.5) is 0 Å². The Kier molecular flexibility index (Phi) is 9.30. The van der Waals surface area contributed by atoms with Gasteiger partial charge < -0.3 is 0 Å². The zero-order chi connectivity index (χ0) is 18.4. The third-order valence-corrected chi connectivity index (χ3v) is 13.7. The molecular formula is C23H38Cl2Zr. The van der Waals surface area contributed by atoms with Gasteiger partial charge in [0.2, 0.25) is 0 Å². The quantitative estimate of drug-likeness (QED) is 0.379. The second-order valence-corrected chi connectivity index (χ2v) is 17.2. The summed E-state index contributed by atoms with van der Waals surface area (Å²) in [6.45, 7) is 23.7. The predicted molar refractivity (Wildman–Crippen MR) is 121 cm³/mol. The van der Waals surface area contributed by atoms with Crippen molar-refractivity contribution in [3.8, 4) is 0 Å². The van der Waals surface area contributed by atoms with Crippen LogP contribution in [0.5, 0.6) is 0 Å². The zero-order valence-electron chi connectivity index (χ0n) is 18.4. The minimum atomic E-state index is -1.88. The molecule has 0 atom stereocenters. The summed E-state index contributed by atoms with van der Waals surface area (Å²) in [7, 11) is 0. The molecule has 0 saturated heterocycles. The molecule has 2 aliphatic carbocycles. The van der Waals surface area contributed by atoms with Crippen LogP contribution in [0.15, 0.2) is 41.0 Å². The van der Waals surface area contributed by atoms with Crippen molar-refractivity contribution in [2.45, 2.75) is 82.1 Å².